The van der Waals surface area contributed by atoms with Crippen molar-refractivity contribution in [2.24, 2.45) is 0 Å². The molecule has 0 radical (unpaired) electrons. The lowest BCUT2D eigenvalue weighted by Crippen LogP contribution is -2.55. The highest BCUT2D eigenvalue weighted by Crippen LogP contribution is 2.17. The maximum Gasteiger partial charge on any atom is 0.194 e. The SMILES string of the molecule is O=C(c1ccc(Cl)cc1)C1NCCCN1Cc1ccccc1. The van der Waals surface area contributed by atoms with Gasteiger partial charge in [-0.3, -0.25) is 15.0 Å². The monoisotopic (exact) mass is 314 g/mol. The summed E-state index contributed by atoms with van der Waals surface area (Å²) in [7, 11) is 0. The van der Waals surface area contributed by atoms with Gasteiger partial charge < -0.3 is 0 Å². The van der Waals surface area contributed by atoms with E-state index in [2.05, 4.69) is 22.3 Å². The number of nitrogens with zero attached hydrogens (tertiary/aromatic N) is 1. The molecule has 1 N–H and O–H groups in total. The molecule has 0 saturated carbocycles. The van der Waals surface area contributed by atoms with Gasteiger partial charge >= 0.3 is 0 Å². The number of hydrogen-bond acceptors (Lipinski definition) is 3. The highest BCUT2D eigenvalue weighted by molar-refractivity contribution is 6.30. The fourth-order valence-electron chi connectivity index (χ4n) is 2.80. The third-order valence-corrected chi connectivity index (χ3v) is 4.18. The predicted octanol–water partition coefficient (Wildman–Crippen LogP) is 3.34. The lowest BCUT2D eigenvalue weighted by atomic mass is 10.1. The number of halogens is 1. The van der Waals surface area contributed by atoms with Crippen LogP contribution in [0, 0.1) is 0 Å². The molecule has 3 rings (SSSR count). The minimum atomic E-state index is -0.268. The van der Waals surface area contributed by atoms with E-state index < -0.39 is 0 Å². The number of rotatable bonds is 4. The number of Topliss-reactive ketones (excluding diaryl/α,β-unsaturated/α-hetero) is 1. The molecule has 4 heteroatoms. The summed E-state index contributed by atoms with van der Waals surface area (Å²) in [6.45, 7) is 2.57. The molecule has 0 spiro atoms. The molecule has 0 bridgehead atoms. The van der Waals surface area contributed by atoms with E-state index in [1.54, 1.807) is 24.3 Å². The van der Waals surface area contributed by atoms with E-state index in [4.69, 9.17) is 11.6 Å². The molecule has 2 aromatic rings. The van der Waals surface area contributed by atoms with E-state index in [1.165, 1.54) is 5.56 Å². The minimum Gasteiger partial charge on any atom is -0.295 e. The molecular formula is C18H19ClN2O. The van der Waals surface area contributed by atoms with E-state index >= 15 is 0 Å². The maximum atomic E-state index is 12.8. The zero-order chi connectivity index (χ0) is 15.4. The number of nitrogens with one attached hydrogen (secondary N) is 1. The van der Waals surface area contributed by atoms with Crippen LogP contribution in [0.3, 0.4) is 0 Å². The highest BCUT2D eigenvalue weighted by Gasteiger charge is 2.28. The smallest absolute Gasteiger partial charge is 0.194 e. The standard InChI is InChI=1S/C18H19ClN2O/c19-16-9-7-15(8-10-16)17(22)18-20-11-4-12-21(18)13-14-5-2-1-3-6-14/h1-3,5-10,18,20H,4,11-13H2. The Kier molecular flexibility index (Phi) is 4.88. The summed E-state index contributed by atoms with van der Waals surface area (Å²) in [5.41, 5.74) is 1.92. The topological polar surface area (TPSA) is 32.3 Å². The number of carbonyl (C=O) groups excluding carboxylic acids is 1. The van der Waals surface area contributed by atoms with E-state index in [0.29, 0.717) is 10.6 Å². The van der Waals surface area contributed by atoms with E-state index in [1.807, 2.05) is 18.2 Å². The molecular weight excluding hydrogens is 296 g/mol. The van der Waals surface area contributed by atoms with Crippen LogP contribution >= 0.6 is 11.6 Å². The molecule has 1 atom stereocenters. The zero-order valence-corrected chi connectivity index (χ0v) is 13.1. The van der Waals surface area contributed by atoms with Crippen molar-refractivity contribution in [2.45, 2.75) is 19.1 Å². The predicted molar refractivity (Wildman–Crippen MR) is 89.0 cm³/mol. The Bertz CT molecular complexity index is 627. The summed E-state index contributed by atoms with van der Waals surface area (Å²) in [5, 5.41) is 3.99. The van der Waals surface area contributed by atoms with Crippen molar-refractivity contribution in [3.63, 3.8) is 0 Å². The quantitative estimate of drug-likeness (QED) is 0.878. The number of benzene rings is 2. The normalized spacial score (nSPS) is 19.0. The van der Waals surface area contributed by atoms with Crippen LogP contribution < -0.4 is 5.32 Å². The van der Waals surface area contributed by atoms with Gasteiger partial charge in [0.15, 0.2) is 5.78 Å². The minimum absolute atomic E-state index is 0.104. The number of hydrogen-bond donors (Lipinski definition) is 1. The van der Waals surface area contributed by atoms with Crippen molar-refractivity contribution in [3.05, 3.63) is 70.7 Å². The van der Waals surface area contributed by atoms with E-state index in [0.717, 1.165) is 26.1 Å². The third-order valence-electron chi connectivity index (χ3n) is 3.93. The molecule has 1 heterocycles. The van der Waals surface area contributed by atoms with Crippen molar-refractivity contribution in [1.82, 2.24) is 10.2 Å². The maximum absolute atomic E-state index is 12.8. The summed E-state index contributed by atoms with van der Waals surface area (Å²) in [5.74, 6) is 0.104. The largest absolute Gasteiger partial charge is 0.295 e. The molecule has 2 aromatic carbocycles. The van der Waals surface area contributed by atoms with Gasteiger partial charge in [0.1, 0.15) is 6.17 Å². The van der Waals surface area contributed by atoms with Crippen LogP contribution in [0.1, 0.15) is 22.3 Å². The highest BCUT2D eigenvalue weighted by atomic mass is 35.5. The second-order valence-electron chi connectivity index (χ2n) is 5.54. The molecule has 0 amide bonds. The molecule has 0 aromatic heterocycles. The second kappa shape index (κ2) is 7.05. The van der Waals surface area contributed by atoms with Gasteiger partial charge in [0.25, 0.3) is 0 Å². The molecule has 1 fully saturated rings. The summed E-state index contributed by atoms with van der Waals surface area (Å²) < 4.78 is 0. The van der Waals surface area contributed by atoms with Crippen LogP contribution in [0.25, 0.3) is 0 Å². The van der Waals surface area contributed by atoms with Gasteiger partial charge in [0, 0.05) is 23.7 Å². The Hall–Kier alpha value is -1.68. The number of carbonyl (C=O) groups is 1. The fourth-order valence-corrected chi connectivity index (χ4v) is 2.92. The van der Waals surface area contributed by atoms with Crippen molar-refractivity contribution in [2.75, 3.05) is 13.1 Å². The van der Waals surface area contributed by atoms with Crippen molar-refractivity contribution in [3.8, 4) is 0 Å². The number of ketones is 1. The van der Waals surface area contributed by atoms with Gasteiger partial charge in [-0.2, -0.15) is 0 Å². The van der Waals surface area contributed by atoms with Crippen LogP contribution in [0.5, 0.6) is 0 Å². The van der Waals surface area contributed by atoms with Crippen LogP contribution in [-0.2, 0) is 6.54 Å². The van der Waals surface area contributed by atoms with Crippen molar-refractivity contribution < 1.29 is 4.79 Å². The van der Waals surface area contributed by atoms with E-state index in [9.17, 15) is 4.79 Å². The lowest BCUT2D eigenvalue weighted by molar-refractivity contribution is 0.0681. The third kappa shape index (κ3) is 3.55. The molecule has 22 heavy (non-hydrogen) atoms. The van der Waals surface area contributed by atoms with Crippen LogP contribution in [0.2, 0.25) is 5.02 Å². The first-order valence-electron chi connectivity index (χ1n) is 7.55. The average Bonchev–Trinajstić information content (AvgIpc) is 2.56. The Labute approximate surface area is 135 Å². The van der Waals surface area contributed by atoms with Crippen LogP contribution in [0.4, 0.5) is 0 Å². The Morgan fingerprint density at radius 1 is 1.14 bits per heavy atom. The molecule has 1 saturated heterocycles. The van der Waals surface area contributed by atoms with Crippen molar-refractivity contribution >= 4 is 17.4 Å². The molecule has 1 unspecified atom stereocenters. The first-order valence-corrected chi connectivity index (χ1v) is 7.93. The molecule has 114 valence electrons. The molecule has 0 aliphatic carbocycles. The van der Waals surface area contributed by atoms with Crippen LogP contribution in [0.15, 0.2) is 54.6 Å². The van der Waals surface area contributed by atoms with Gasteiger partial charge in [-0.1, -0.05) is 41.9 Å². The van der Waals surface area contributed by atoms with Gasteiger partial charge in [-0.05, 0) is 42.8 Å². The average molecular weight is 315 g/mol. The molecule has 3 nitrogen and oxygen atoms in total. The first kappa shape index (κ1) is 15.2. The Morgan fingerprint density at radius 2 is 1.86 bits per heavy atom. The van der Waals surface area contributed by atoms with Crippen LogP contribution in [-0.4, -0.2) is 29.9 Å². The Morgan fingerprint density at radius 3 is 2.59 bits per heavy atom. The summed E-state index contributed by atoms with van der Waals surface area (Å²) in [4.78, 5) is 15.0. The second-order valence-corrected chi connectivity index (χ2v) is 5.97. The summed E-state index contributed by atoms with van der Waals surface area (Å²) in [6.07, 6.45) is 0.784. The van der Waals surface area contributed by atoms with Gasteiger partial charge in [0.05, 0.1) is 0 Å². The Balaban J connectivity index is 1.77. The summed E-state index contributed by atoms with van der Waals surface area (Å²) >= 11 is 5.90. The van der Waals surface area contributed by atoms with E-state index in [-0.39, 0.29) is 11.9 Å². The first-order chi connectivity index (χ1) is 10.7. The van der Waals surface area contributed by atoms with Gasteiger partial charge in [-0.25, -0.2) is 0 Å². The lowest BCUT2D eigenvalue weighted by Gasteiger charge is -2.35. The summed E-state index contributed by atoms with van der Waals surface area (Å²) in [6, 6.07) is 17.4. The zero-order valence-electron chi connectivity index (χ0n) is 12.3. The molecule has 1 aliphatic rings. The van der Waals surface area contributed by atoms with Gasteiger partial charge in [0.2, 0.25) is 0 Å². The fraction of sp³-hybridized carbons (Fsp3) is 0.278. The molecule has 1 aliphatic heterocycles. The van der Waals surface area contributed by atoms with Gasteiger partial charge in [-0.15, -0.1) is 0 Å². The van der Waals surface area contributed by atoms with Crippen molar-refractivity contribution in [1.29, 1.82) is 0 Å².